The van der Waals surface area contributed by atoms with Gasteiger partial charge in [0.15, 0.2) is 11.4 Å². The molecule has 0 aliphatic heterocycles. The molecule has 0 unspecified atom stereocenters. The van der Waals surface area contributed by atoms with Gasteiger partial charge in [-0.25, -0.2) is 9.48 Å². The summed E-state index contributed by atoms with van der Waals surface area (Å²) in [6.07, 6.45) is 0. The number of hydrogen-bond donors (Lipinski definition) is 3. The molecular weight excluding hydrogens is 420 g/mol. The Bertz CT molecular complexity index is 1620. The third-order valence-electron chi connectivity index (χ3n) is 5.20. The van der Waals surface area contributed by atoms with Crippen molar-refractivity contribution < 1.29 is 20.5 Å². The Hall–Kier alpha value is -4.46. The minimum absolute atomic E-state index is 0.104. The highest BCUT2D eigenvalue weighted by Gasteiger charge is 2.14. The highest BCUT2D eigenvalue weighted by Crippen LogP contribution is 2.38. The largest absolute Gasteiger partial charge is 0.505 e. The van der Waals surface area contributed by atoms with Gasteiger partial charge in [-0.1, -0.05) is 30.3 Å². The number of nitrogens with one attached hydrogen (secondary N) is 1. The predicted octanol–water partition coefficient (Wildman–Crippen LogP) is 5.58. The highest BCUT2D eigenvalue weighted by molar-refractivity contribution is 5.90. The summed E-state index contributed by atoms with van der Waals surface area (Å²) in [4.78, 5) is 24.6. The molecule has 0 aliphatic carbocycles. The first-order valence-corrected chi connectivity index (χ1v) is 9.90. The van der Waals surface area contributed by atoms with Crippen LogP contribution in [0.1, 0.15) is 32.7 Å². The summed E-state index contributed by atoms with van der Waals surface area (Å²) in [5, 5.41) is 30.6. The van der Waals surface area contributed by atoms with E-state index < -0.39 is 35.5 Å². The second kappa shape index (κ2) is 8.58. The molecule has 0 atom stereocenters. The number of carboxylic acids is 1. The Labute approximate surface area is 195 Å². The van der Waals surface area contributed by atoms with Crippen LogP contribution in [0.4, 0.5) is 11.4 Å². The summed E-state index contributed by atoms with van der Waals surface area (Å²) in [6.45, 7) is 1.06. The fourth-order valence-corrected chi connectivity index (χ4v) is 3.25. The van der Waals surface area contributed by atoms with Gasteiger partial charge in [-0.05, 0) is 67.7 Å². The number of H-pyrrole nitrogens is 1. The Balaban J connectivity index is 1.82. The standard InChI is InChI=1S/C25H22N4O4/c1-14-10-11-19(12-15(14)2)29-24(31)22(16(3)28-29)27-26-21-9-5-8-20(23(21)30)17-6-4-7-18(13-17)25(32)33/h4-13,28,30H,1-3H3,(H,32,33)/i3D3,13D. The molecule has 4 rings (SSSR count). The molecule has 1 heterocycles. The van der Waals surface area contributed by atoms with Crippen LogP contribution in [0.3, 0.4) is 0 Å². The number of aromatic nitrogens is 2. The third kappa shape index (κ3) is 4.18. The van der Waals surface area contributed by atoms with Crippen molar-refractivity contribution in [2.75, 3.05) is 0 Å². The molecule has 8 heteroatoms. The maximum Gasteiger partial charge on any atom is 0.335 e. The Kier molecular flexibility index (Phi) is 4.46. The smallest absolute Gasteiger partial charge is 0.335 e. The van der Waals surface area contributed by atoms with E-state index in [0.717, 1.165) is 15.8 Å². The first-order valence-electron chi connectivity index (χ1n) is 11.9. The topological polar surface area (TPSA) is 120 Å². The fourth-order valence-electron chi connectivity index (χ4n) is 3.25. The van der Waals surface area contributed by atoms with Gasteiger partial charge in [-0.2, -0.15) is 0 Å². The summed E-state index contributed by atoms with van der Waals surface area (Å²) in [5.41, 5.74) is 0.647. The van der Waals surface area contributed by atoms with Crippen LogP contribution in [-0.4, -0.2) is 26.0 Å². The number of phenolic OH excluding ortho intramolecular Hbond substituents is 1. The number of benzene rings is 3. The zero-order valence-corrected chi connectivity index (χ0v) is 17.7. The van der Waals surface area contributed by atoms with Gasteiger partial charge in [0.05, 0.1) is 18.3 Å². The van der Waals surface area contributed by atoms with Crippen LogP contribution < -0.4 is 5.56 Å². The van der Waals surface area contributed by atoms with Gasteiger partial charge in [-0.3, -0.25) is 9.89 Å². The van der Waals surface area contributed by atoms with Crippen molar-refractivity contribution in [1.82, 2.24) is 9.78 Å². The van der Waals surface area contributed by atoms with Gasteiger partial charge in [0.25, 0.3) is 5.56 Å². The van der Waals surface area contributed by atoms with Crippen LogP contribution in [0.25, 0.3) is 16.8 Å². The van der Waals surface area contributed by atoms with Gasteiger partial charge < -0.3 is 10.2 Å². The molecule has 0 amide bonds. The van der Waals surface area contributed by atoms with Crippen molar-refractivity contribution >= 4 is 17.3 Å². The maximum absolute atomic E-state index is 13.2. The summed E-state index contributed by atoms with van der Waals surface area (Å²) in [7, 11) is 0. The Morgan fingerprint density at radius 2 is 1.88 bits per heavy atom. The van der Waals surface area contributed by atoms with Crippen molar-refractivity contribution in [2.24, 2.45) is 10.2 Å². The first kappa shape index (κ1) is 17.1. The lowest BCUT2D eigenvalue weighted by molar-refractivity contribution is 0.0697. The van der Waals surface area contributed by atoms with Crippen LogP contribution in [0.2, 0.25) is 0 Å². The van der Waals surface area contributed by atoms with E-state index >= 15 is 0 Å². The SMILES string of the molecule is [2H]c1c(C(=O)O)cccc1-c1cccc(N=Nc2c(C([2H])([2H])[2H])[nH]n(-c3ccc(C)c(C)c3)c2=O)c1O. The number of para-hydroxylation sites is 1. The number of rotatable bonds is 5. The molecule has 0 aliphatic rings. The number of nitrogens with zero attached hydrogens (tertiary/aromatic N) is 3. The number of aromatic carboxylic acids is 1. The third-order valence-corrected chi connectivity index (χ3v) is 5.20. The number of phenols is 1. The minimum atomic E-state index is -2.71. The van der Waals surface area contributed by atoms with Crippen LogP contribution in [0.15, 0.2) is 75.7 Å². The second-order valence-electron chi connectivity index (χ2n) is 7.40. The first-order chi connectivity index (χ1) is 17.4. The summed E-state index contributed by atoms with van der Waals surface area (Å²) in [5.74, 6) is -1.70. The zero-order chi connectivity index (χ0) is 27.1. The van der Waals surface area contributed by atoms with Crippen molar-refractivity contribution in [3.05, 3.63) is 93.4 Å². The van der Waals surface area contributed by atoms with E-state index in [1.807, 2.05) is 13.8 Å². The van der Waals surface area contributed by atoms with Gasteiger partial charge >= 0.3 is 5.97 Å². The zero-order valence-electron chi connectivity index (χ0n) is 21.7. The van der Waals surface area contributed by atoms with E-state index in [-0.39, 0.29) is 28.4 Å². The number of aromatic hydroxyl groups is 1. The van der Waals surface area contributed by atoms with Crippen LogP contribution >= 0.6 is 0 Å². The van der Waals surface area contributed by atoms with Crippen molar-refractivity contribution in [3.63, 3.8) is 0 Å². The molecule has 0 saturated heterocycles. The Morgan fingerprint density at radius 1 is 1.09 bits per heavy atom. The molecule has 0 radical (unpaired) electrons. The quantitative estimate of drug-likeness (QED) is 0.347. The minimum Gasteiger partial charge on any atom is -0.505 e. The van der Waals surface area contributed by atoms with Crippen molar-refractivity contribution in [3.8, 4) is 22.6 Å². The average Bonchev–Trinajstić information content (AvgIpc) is 3.17. The number of azo groups is 1. The van der Waals surface area contributed by atoms with E-state index in [1.54, 1.807) is 18.2 Å². The number of carboxylic acid groups (broad SMARTS) is 1. The molecule has 166 valence electrons. The maximum atomic E-state index is 13.2. The van der Waals surface area contributed by atoms with Gasteiger partial charge in [-0.15, -0.1) is 10.2 Å². The van der Waals surface area contributed by atoms with E-state index in [0.29, 0.717) is 5.69 Å². The fraction of sp³-hybridized carbons (Fsp3) is 0.120. The molecule has 0 fully saturated rings. The highest BCUT2D eigenvalue weighted by atomic mass is 16.4. The second-order valence-corrected chi connectivity index (χ2v) is 7.40. The Morgan fingerprint density at radius 3 is 2.61 bits per heavy atom. The van der Waals surface area contributed by atoms with Gasteiger partial charge in [0, 0.05) is 9.68 Å². The molecule has 8 nitrogen and oxygen atoms in total. The molecule has 4 aromatic rings. The number of aromatic amines is 1. The molecule has 0 spiro atoms. The molecular formula is C25H22N4O4. The predicted molar refractivity (Wildman–Crippen MR) is 125 cm³/mol. The van der Waals surface area contributed by atoms with Crippen molar-refractivity contribution in [1.29, 1.82) is 0 Å². The summed E-state index contributed by atoms with van der Waals surface area (Å²) < 4.78 is 32.8. The lowest BCUT2D eigenvalue weighted by Crippen LogP contribution is -2.14. The summed E-state index contributed by atoms with van der Waals surface area (Å²) in [6, 6.07) is 13.5. The van der Waals surface area contributed by atoms with Crippen LogP contribution in [-0.2, 0) is 0 Å². The number of carbonyl (C=O) groups is 1. The molecule has 3 aromatic carbocycles. The summed E-state index contributed by atoms with van der Waals surface area (Å²) >= 11 is 0. The number of aryl methyl sites for hydroxylation is 3. The molecule has 1 aromatic heterocycles. The molecule has 0 saturated carbocycles. The van der Waals surface area contributed by atoms with Crippen LogP contribution in [0.5, 0.6) is 5.75 Å². The average molecular weight is 446 g/mol. The van der Waals surface area contributed by atoms with E-state index in [1.165, 1.54) is 36.4 Å². The lowest BCUT2D eigenvalue weighted by atomic mass is 10.0. The molecule has 0 bridgehead atoms. The van der Waals surface area contributed by atoms with E-state index in [9.17, 15) is 19.8 Å². The van der Waals surface area contributed by atoms with E-state index in [4.69, 9.17) is 5.48 Å². The monoisotopic (exact) mass is 446 g/mol. The van der Waals surface area contributed by atoms with Gasteiger partial charge in [0.2, 0.25) is 0 Å². The van der Waals surface area contributed by atoms with E-state index in [2.05, 4.69) is 15.3 Å². The van der Waals surface area contributed by atoms with Crippen LogP contribution in [0, 0.1) is 20.7 Å². The normalized spacial score (nSPS) is 13.4. The van der Waals surface area contributed by atoms with Gasteiger partial charge in [0.1, 0.15) is 5.69 Å². The van der Waals surface area contributed by atoms with Crippen molar-refractivity contribution in [2.45, 2.75) is 20.7 Å². The molecule has 33 heavy (non-hydrogen) atoms. The lowest BCUT2D eigenvalue weighted by Gasteiger charge is -2.07. The number of hydrogen-bond acceptors (Lipinski definition) is 5. The molecule has 3 N–H and O–H groups in total.